The lowest BCUT2D eigenvalue weighted by Gasteiger charge is -2.20. The summed E-state index contributed by atoms with van der Waals surface area (Å²) in [5, 5.41) is -1.19. The summed E-state index contributed by atoms with van der Waals surface area (Å²) in [6.07, 6.45) is 1.69. The van der Waals surface area contributed by atoms with E-state index < -0.39 is 31.6 Å². The van der Waals surface area contributed by atoms with E-state index in [-0.39, 0.29) is 18.6 Å². The van der Waals surface area contributed by atoms with Gasteiger partial charge in [-0.1, -0.05) is 6.42 Å². The van der Waals surface area contributed by atoms with Gasteiger partial charge in [0.2, 0.25) is 0 Å². The van der Waals surface area contributed by atoms with Gasteiger partial charge in [0.25, 0.3) is 0 Å². The van der Waals surface area contributed by atoms with Crippen LogP contribution in [0.4, 0.5) is 8.78 Å². The second-order valence-electron chi connectivity index (χ2n) is 4.32. The monoisotopic (exact) mass is 274 g/mol. The molecule has 1 aromatic carbocycles. The zero-order chi connectivity index (χ0) is 13.3. The Balaban J connectivity index is 2.44. The van der Waals surface area contributed by atoms with Crippen LogP contribution in [0.15, 0.2) is 23.1 Å². The Morgan fingerprint density at radius 1 is 1.17 bits per heavy atom. The Labute approximate surface area is 104 Å². The van der Waals surface area contributed by atoms with Crippen molar-refractivity contribution >= 4 is 15.6 Å². The molecule has 0 saturated heterocycles. The van der Waals surface area contributed by atoms with Gasteiger partial charge in [-0.2, -0.15) is 0 Å². The van der Waals surface area contributed by atoms with Gasteiger partial charge >= 0.3 is 0 Å². The van der Waals surface area contributed by atoms with Gasteiger partial charge in [0.1, 0.15) is 21.8 Å². The fraction of sp³-hybridized carbons (Fsp3) is 0.417. The number of halogens is 2. The van der Waals surface area contributed by atoms with Crippen molar-refractivity contribution < 1.29 is 22.0 Å². The van der Waals surface area contributed by atoms with E-state index in [0.717, 1.165) is 12.1 Å². The van der Waals surface area contributed by atoms with Crippen molar-refractivity contribution in [3.8, 4) is 0 Å². The molecule has 0 amide bonds. The molecule has 18 heavy (non-hydrogen) atoms. The molecular formula is C12H12F2O3S. The van der Waals surface area contributed by atoms with E-state index in [0.29, 0.717) is 18.9 Å². The molecule has 0 N–H and O–H groups in total. The summed E-state index contributed by atoms with van der Waals surface area (Å²) in [6.45, 7) is 0. The Bertz CT molecular complexity index is 581. The molecule has 3 nitrogen and oxygen atoms in total. The fourth-order valence-electron chi connectivity index (χ4n) is 2.14. The zero-order valence-corrected chi connectivity index (χ0v) is 10.3. The molecule has 2 rings (SSSR count). The lowest BCUT2D eigenvalue weighted by molar-refractivity contribution is -0.119. The lowest BCUT2D eigenvalue weighted by Crippen LogP contribution is -2.33. The van der Waals surface area contributed by atoms with Crippen molar-refractivity contribution in [3.63, 3.8) is 0 Å². The van der Waals surface area contributed by atoms with Crippen LogP contribution in [0.5, 0.6) is 0 Å². The number of benzene rings is 1. The Hall–Kier alpha value is -1.30. The number of carbonyl (C=O) groups is 1. The number of hydrogen-bond donors (Lipinski definition) is 0. The van der Waals surface area contributed by atoms with E-state index >= 15 is 0 Å². The highest BCUT2D eigenvalue weighted by atomic mass is 32.2. The predicted octanol–water partition coefficient (Wildman–Crippen LogP) is 2.25. The summed E-state index contributed by atoms with van der Waals surface area (Å²) < 4.78 is 50.5. The molecule has 0 heterocycles. The van der Waals surface area contributed by atoms with E-state index in [1.807, 2.05) is 0 Å². The van der Waals surface area contributed by atoms with Crippen molar-refractivity contribution in [1.29, 1.82) is 0 Å². The highest BCUT2D eigenvalue weighted by Gasteiger charge is 2.36. The first-order chi connectivity index (χ1) is 8.43. The Morgan fingerprint density at radius 3 is 2.50 bits per heavy atom. The van der Waals surface area contributed by atoms with Gasteiger partial charge < -0.3 is 0 Å². The third-order valence-corrected chi connectivity index (χ3v) is 5.27. The molecule has 0 aromatic heterocycles. The highest BCUT2D eigenvalue weighted by Crippen LogP contribution is 2.28. The SMILES string of the molecule is O=C1CCCCC1S(=O)(=O)c1ccc(F)cc1F. The first-order valence-electron chi connectivity index (χ1n) is 5.64. The van der Waals surface area contributed by atoms with Crippen molar-refractivity contribution in [2.45, 2.75) is 35.8 Å². The lowest BCUT2D eigenvalue weighted by atomic mass is 9.99. The van der Waals surface area contributed by atoms with Crippen LogP contribution in [0.25, 0.3) is 0 Å². The van der Waals surface area contributed by atoms with Crippen LogP contribution >= 0.6 is 0 Å². The van der Waals surface area contributed by atoms with Gasteiger partial charge in [-0.15, -0.1) is 0 Å². The maximum absolute atomic E-state index is 13.5. The van der Waals surface area contributed by atoms with Crippen LogP contribution in [0.1, 0.15) is 25.7 Å². The standard InChI is InChI=1S/C12H12F2O3S/c13-8-5-6-11(9(14)7-8)18(16,17)12-4-2-1-3-10(12)15/h5-7,12H,1-4H2. The number of Topliss-reactive ketones (excluding diaryl/α,β-unsaturated/α-hetero) is 1. The normalized spacial score (nSPS) is 21.0. The van der Waals surface area contributed by atoms with Crippen molar-refractivity contribution in [2.24, 2.45) is 0 Å². The third kappa shape index (κ3) is 2.29. The van der Waals surface area contributed by atoms with Crippen LogP contribution < -0.4 is 0 Å². The van der Waals surface area contributed by atoms with Gasteiger partial charge in [-0.05, 0) is 25.0 Å². The third-order valence-electron chi connectivity index (χ3n) is 3.07. The summed E-state index contributed by atoms with van der Waals surface area (Å²) in [7, 11) is -4.05. The van der Waals surface area contributed by atoms with Crippen LogP contribution in [-0.4, -0.2) is 19.5 Å². The smallest absolute Gasteiger partial charge is 0.191 e. The molecule has 1 aliphatic carbocycles. The predicted molar refractivity (Wildman–Crippen MR) is 60.8 cm³/mol. The van der Waals surface area contributed by atoms with Crippen molar-refractivity contribution in [2.75, 3.05) is 0 Å². The number of rotatable bonds is 2. The maximum atomic E-state index is 13.5. The summed E-state index contributed by atoms with van der Waals surface area (Å²) in [6, 6.07) is 2.27. The number of sulfone groups is 1. The van der Waals surface area contributed by atoms with E-state index in [1.165, 1.54) is 0 Å². The van der Waals surface area contributed by atoms with E-state index in [1.54, 1.807) is 0 Å². The van der Waals surface area contributed by atoms with Gasteiger partial charge in [0, 0.05) is 12.5 Å². The number of hydrogen-bond acceptors (Lipinski definition) is 3. The van der Waals surface area contributed by atoms with Gasteiger partial charge in [-0.3, -0.25) is 4.79 Å². The number of ketones is 1. The molecule has 1 aliphatic rings. The van der Waals surface area contributed by atoms with Crippen molar-refractivity contribution in [3.05, 3.63) is 29.8 Å². The minimum Gasteiger partial charge on any atom is -0.298 e. The molecular weight excluding hydrogens is 262 g/mol. The van der Waals surface area contributed by atoms with Crippen LogP contribution in [0, 0.1) is 11.6 Å². The molecule has 1 fully saturated rings. The number of carbonyl (C=O) groups excluding carboxylic acids is 1. The first-order valence-corrected chi connectivity index (χ1v) is 7.19. The van der Waals surface area contributed by atoms with Crippen LogP contribution in [0.2, 0.25) is 0 Å². The summed E-state index contributed by atoms with van der Waals surface area (Å²) in [5.74, 6) is -2.38. The zero-order valence-electron chi connectivity index (χ0n) is 9.53. The van der Waals surface area contributed by atoms with Crippen molar-refractivity contribution in [1.82, 2.24) is 0 Å². The minimum absolute atomic E-state index is 0.201. The fourth-order valence-corrected chi connectivity index (χ4v) is 3.97. The van der Waals surface area contributed by atoms with Crippen LogP contribution in [0.3, 0.4) is 0 Å². The summed E-state index contributed by atoms with van der Waals surface area (Å²) in [5.41, 5.74) is 0. The minimum atomic E-state index is -4.05. The topological polar surface area (TPSA) is 51.2 Å². The molecule has 1 saturated carbocycles. The van der Waals surface area contributed by atoms with E-state index in [4.69, 9.17) is 0 Å². The Morgan fingerprint density at radius 2 is 1.89 bits per heavy atom. The average molecular weight is 274 g/mol. The average Bonchev–Trinajstić information content (AvgIpc) is 2.28. The van der Waals surface area contributed by atoms with E-state index in [9.17, 15) is 22.0 Å². The van der Waals surface area contributed by atoms with Crippen LogP contribution in [-0.2, 0) is 14.6 Å². The largest absolute Gasteiger partial charge is 0.298 e. The molecule has 1 atom stereocenters. The van der Waals surface area contributed by atoms with Gasteiger partial charge in [0.15, 0.2) is 15.6 Å². The molecule has 6 heteroatoms. The quantitative estimate of drug-likeness (QED) is 0.777. The molecule has 0 aliphatic heterocycles. The molecule has 0 radical (unpaired) electrons. The Kier molecular flexibility index (Phi) is 3.47. The van der Waals surface area contributed by atoms with E-state index in [2.05, 4.69) is 0 Å². The van der Waals surface area contributed by atoms with Gasteiger partial charge in [0.05, 0.1) is 0 Å². The second kappa shape index (κ2) is 4.76. The van der Waals surface area contributed by atoms with Gasteiger partial charge in [-0.25, -0.2) is 17.2 Å². The second-order valence-corrected chi connectivity index (χ2v) is 6.42. The highest BCUT2D eigenvalue weighted by molar-refractivity contribution is 7.92. The summed E-state index contributed by atoms with van der Waals surface area (Å²) in [4.78, 5) is 11.0. The first kappa shape index (κ1) is 13.1. The summed E-state index contributed by atoms with van der Waals surface area (Å²) >= 11 is 0. The molecule has 98 valence electrons. The molecule has 0 bridgehead atoms. The molecule has 1 unspecified atom stereocenters. The molecule has 0 spiro atoms. The molecule has 1 aromatic rings. The maximum Gasteiger partial charge on any atom is 0.191 e.